The molecule has 1 aromatic rings. The fourth-order valence-electron chi connectivity index (χ4n) is 3.53. The summed E-state index contributed by atoms with van der Waals surface area (Å²) >= 11 is 0. The maximum Gasteiger partial charge on any atom is 0.308 e. The van der Waals surface area contributed by atoms with Crippen LogP contribution in [0.4, 0.5) is 0 Å². The Morgan fingerprint density at radius 3 is 2.75 bits per heavy atom. The normalized spacial score (nSPS) is 26.2. The van der Waals surface area contributed by atoms with Crippen molar-refractivity contribution in [1.29, 1.82) is 0 Å². The Balaban J connectivity index is 1.88. The molecule has 2 aliphatic rings. The average Bonchev–Trinajstić information content (AvgIpc) is 2.48. The minimum Gasteiger partial charge on any atom is -0.481 e. The molecule has 1 aromatic carbocycles. The van der Waals surface area contributed by atoms with Gasteiger partial charge in [-0.2, -0.15) is 0 Å². The number of carbonyl (C=O) groups excluding carboxylic acids is 1. The largest absolute Gasteiger partial charge is 0.481 e. The molecule has 20 heavy (non-hydrogen) atoms. The lowest BCUT2D eigenvalue weighted by atomic mass is 9.82. The zero-order valence-corrected chi connectivity index (χ0v) is 11.4. The van der Waals surface area contributed by atoms with Crippen LogP contribution in [0, 0.1) is 5.92 Å². The van der Waals surface area contributed by atoms with Crippen LogP contribution < -0.4 is 0 Å². The van der Waals surface area contributed by atoms with Gasteiger partial charge in [0.2, 0.25) is 0 Å². The van der Waals surface area contributed by atoms with Crippen molar-refractivity contribution in [2.75, 3.05) is 6.54 Å². The summed E-state index contributed by atoms with van der Waals surface area (Å²) in [7, 11) is 0. The van der Waals surface area contributed by atoms with E-state index in [4.69, 9.17) is 0 Å². The second-order valence-electron chi connectivity index (χ2n) is 5.70. The monoisotopic (exact) mass is 273 g/mol. The van der Waals surface area contributed by atoms with E-state index in [0.717, 1.165) is 36.8 Å². The van der Waals surface area contributed by atoms with E-state index in [1.54, 1.807) is 4.90 Å². The van der Waals surface area contributed by atoms with Gasteiger partial charge < -0.3 is 10.0 Å². The molecule has 0 aromatic heterocycles. The third-order valence-electron chi connectivity index (χ3n) is 4.58. The summed E-state index contributed by atoms with van der Waals surface area (Å²) in [5, 5.41) is 9.38. The third kappa shape index (κ3) is 2.19. The predicted octanol–water partition coefficient (Wildman–Crippen LogP) is 2.33. The molecule has 3 rings (SSSR count). The third-order valence-corrected chi connectivity index (χ3v) is 4.58. The topological polar surface area (TPSA) is 57.6 Å². The van der Waals surface area contributed by atoms with Gasteiger partial charge in [-0.1, -0.05) is 31.0 Å². The number of nitrogens with zero attached hydrogens (tertiary/aromatic N) is 1. The van der Waals surface area contributed by atoms with Crippen molar-refractivity contribution < 1.29 is 14.7 Å². The molecule has 1 saturated carbocycles. The van der Waals surface area contributed by atoms with Crippen molar-refractivity contribution in [1.82, 2.24) is 4.90 Å². The lowest BCUT2D eigenvalue weighted by molar-refractivity contribution is -0.145. The molecule has 2 atom stereocenters. The zero-order valence-electron chi connectivity index (χ0n) is 11.4. The molecule has 0 bridgehead atoms. The molecule has 0 radical (unpaired) electrons. The van der Waals surface area contributed by atoms with Crippen molar-refractivity contribution in [3.05, 3.63) is 35.4 Å². The Morgan fingerprint density at radius 2 is 1.95 bits per heavy atom. The van der Waals surface area contributed by atoms with E-state index in [1.807, 2.05) is 24.3 Å². The van der Waals surface area contributed by atoms with Crippen molar-refractivity contribution in [2.45, 2.75) is 38.1 Å². The van der Waals surface area contributed by atoms with Gasteiger partial charge in [0.15, 0.2) is 0 Å². The molecule has 1 aliphatic carbocycles. The Labute approximate surface area is 118 Å². The van der Waals surface area contributed by atoms with Gasteiger partial charge in [-0.3, -0.25) is 9.59 Å². The van der Waals surface area contributed by atoms with Gasteiger partial charge in [0, 0.05) is 18.2 Å². The first kappa shape index (κ1) is 13.2. The standard InChI is InChI=1S/C16H19NO3/c18-15-12-6-2-1-5-11(12)9-10-17(15)14-8-4-3-7-13(14)16(19)20/h1-2,5-6,13-14H,3-4,7-10H2,(H,19,20). The van der Waals surface area contributed by atoms with Gasteiger partial charge in [0.1, 0.15) is 0 Å². The summed E-state index contributed by atoms with van der Waals surface area (Å²) in [6.07, 6.45) is 4.28. The highest BCUT2D eigenvalue weighted by atomic mass is 16.4. The molecule has 1 aliphatic heterocycles. The summed E-state index contributed by atoms with van der Waals surface area (Å²) in [5.41, 5.74) is 1.82. The number of hydrogen-bond acceptors (Lipinski definition) is 2. The van der Waals surface area contributed by atoms with Crippen molar-refractivity contribution in [3.63, 3.8) is 0 Å². The minimum atomic E-state index is -0.763. The molecule has 0 saturated heterocycles. The number of benzene rings is 1. The molecular formula is C16H19NO3. The highest BCUT2D eigenvalue weighted by Gasteiger charge is 2.38. The first-order chi connectivity index (χ1) is 9.68. The van der Waals surface area contributed by atoms with Crippen LogP contribution in [-0.2, 0) is 11.2 Å². The summed E-state index contributed by atoms with van der Waals surface area (Å²) in [5.74, 6) is -1.16. The molecular weight excluding hydrogens is 254 g/mol. The van der Waals surface area contributed by atoms with Crippen LogP contribution in [0.3, 0.4) is 0 Å². The molecule has 1 N–H and O–H groups in total. The number of rotatable bonds is 2. The van der Waals surface area contributed by atoms with Crippen LogP contribution in [0.15, 0.2) is 24.3 Å². The fraction of sp³-hybridized carbons (Fsp3) is 0.500. The maximum absolute atomic E-state index is 12.6. The van der Waals surface area contributed by atoms with E-state index in [0.29, 0.717) is 13.0 Å². The Morgan fingerprint density at radius 1 is 1.20 bits per heavy atom. The molecule has 4 heteroatoms. The van der Waals surface area contributed by atoms with Gasteiger partial charge in [-0.05, 0) is 30.9 Å². The summed E-state index contributed by atoms with van der Waals surface area (Å²) in [6.45, 7) is 0.643. The number of carboxylic acid groups (broad SMARTS) is 1. The minimum absolute atomic E-state index is 0.00463. The molecule has 1 heterocycles. The van der Waals surface area contributed by atoms with E-state index in [1.165, 1.54) is 0 Å². The van der Waals surface area contributed by atoms with Crippen LogP contribution in [0.1, 0.15) is 41.6 Å². The lowest BCUT2D eigenvalue weighted by Gasteiger charge is -2.40. The van der Waals surface area contributed by atoms with Crippen LogP contribution in [0.5, 0.6) is 0 Å². The number of amides is 1. The van der Waals surface area contributed by atoms with Crippen molar-refractivity contribution in [2.24, 2.45) is 5.92 Å². The van der Waals surface area contributed by atoms with E-state index >= 15 is 0 Å². The van der Waals surface area contributed by atoms with Crippen LogP contribution in [-0.4, -0.2) is 34.5 Å². The summed E-state index contributed by atoms with van der Waals surface area (Å²) < 4.78 is 0. The first-order valence-corrected chi connectivity index (χ1v) is 7.30. The van der Waals surface area contributed by atoms with Crippen LogP contribution >= 0.6 is 0 Å². The smallest absolute Gasteiger partial charge is 0.308 e. The lowest BCUT2D eigenvalue weighted by Crippen LogP contribution is -2.51. The number of fused-ring (bicyclic) bond motifs is 1. The van der Waals surface area contributed by atoms with E-state index < -0.39 is 11.9 Å². The van der Waals surface area contributed by atoms with Crippen LogP contribution in [0.25, 0.3) is 0 Å². The molecule has 2 unspecified atom stereocenters. The maximum atomic E-state index is 12.6. The van der Waals surface area contributed by atoms with Crippen LogP contribution in [0.2, 0.25) is 0 Å². The van der Waals surface area contributed by atoms with E-state index in [-0.39, 0.29) is 11.9 Å². The highest BCUT2D eigenvalue weighted by molar-refractivity contribution is 5.97. The summed E-state index contributed by atoms with van der Waals surface area (Å²) in [4.78, 5) is 25.8. The van der Waals surface area contributed by atoms with E-state index in [9.17, 15) is 14.7 Å². The number of hydrogen-bond donors (Lipinski definition) is 1. The average molecular weight is 273 g/mol. The SMILES string of the molecule is O=C(O)C1CCCCC1N1CCc2ccccc2C1=O. The fourth-order valence-corrected chi connectivity index (χ4v) is 3.53. The number of carboxylic acids is 1. The second kappa shape index (κ2) is 5.27. The Kier molecular flexibility index (Phi) is 3.47. The molecule has 4 nitrogen and oxygen atoms in total. The highest BCUT2D eigenvalue weighted by Crippen LogP contribution is 2.32. The predicted molar refractivity (Wildman–Crippen MR) is 74.6 cm³/mol. The number of aliphatic carboxylic acids is 1. The van der Waals surface area contributed by atoms with E-state index in [2.05, 4.69) is 0 Å². The van der Waals surface area contributed by atoms with Gasteiger partial charge in [0.05, 0.1) is 5.92 Å². The second-order valence-corrected chi connectivity index (χ2v) is 5.70. The molecule has 1 amide bonds. The zero-order chi connectivity index (χ0) is 14.1. The summed E-state index contributed by atoms with van der Waals surface area (Å²) in [6, 6.07) is 7.52. The Hall–Kier alpha value is -1.84. The molecule has 106 valence electrons. The van der Waals surface area contributed by atoms with Gasteiger partial charge in [-0.25, -0.2) is 0 Å². The molecule has 1 fully saturated rings. The van der Waals surface area contributed by atoms with Crippen molar-refractivity contribution >= 4 is 11.9 Å². The van der Waals surface area contributed by atoms with Crippen molar-refractivity contribution in [3.8, 4) is 0 Å². The quantitative estimate of drug-likeness (QED) is 0.899. The van der Waals surface area contributed by atoms with Gasteiger partial charge in [-0.15, -0.1) is 0 Å². The Bertz CT molecular complexity index is 540. The number of carbonyl (C=O) groups is 2. The first-order valence-electron chi connectivity index (χ1n) is 7.30. The van der Waals surface area contributed by atoms with Gasteiger partial charge >= 0.3 is 5.97 Å². The van der Waals surface area contributed by atoms with Gasteiger partial charge in [0.25, 0.3) is 5.91 Å². The molecule has 0 spiro atoms.